The van der Waals surface area contributed by atoms with Crippen LogP contribution >= 0.6 is 0 Å². The van der Waals surface area contributed by atoms with Crippen molar-refractivity contribution < 1.29 is 14.4 Å². The Kier molecular flexibility index (Phi) is 5.71. The van der Waals surface area contributed by atoms with Crippen molar-refractivity contribution in [1.82, 2.24) is 4.90 Å². The SMILES string of the molecule is NC(=O)Nc1cccc(C(=O)Nc2ccccc2C(=O)N2CCCCC2)c1. The molecule has 0 aromatic heterocycles. The predicted molar refractivity (Wildman–Crippen MR) is 104 cm³/mol. The molecular weight excluding hydrogens is 344 g/mol. The minimum atomic E-state index is -0.704. The number of carbonyl (C=O) groups is 3. The van der Waals surface area contributed by atoms with Crippen molar-refractivity contribution in [2.45, 2.75) is 19.3 Å². The second kappa shape index (κ2) is 8.35. The van der Waals surface area contributed by atoms with Gasteiger partial charge in [0.25, 0.3) is 11.8 Å². The van der Waals surface area contributed by atoms with E-state index in [1.807, 2.05) is 4.90 Å². The second-order valence-electron chi connectivity index (χ2n) is 6.42. The fraction of sp³-hybridized carbons (Fsp3) is 0.250. The van der Waals surface area contributed by atoms with Gasteiger partial charge in [-0.25, -0.2) is 4.79 Å². The summed E-state index contributed by atoms with van der Waals surface area (Å²) in [5.74, 6) is -0.447. The quantitative estimate of drug-likeness (QED) is 0.774. The molecule has 0 aliphatic carbocycles. The minimum absolute atomic E-state index is 0.0743. The van der Waals surface area contributed by atoms with Gasteiger partial charge in [0.05, 0.1) is 11.3 Å². The number of piperidine rings is 1. The normalized spacial score (nSPS) is 13.7. The largest absolute Gasteiger partial charge is 0.351 e. The monoisotopic (exact) mass is 366 g/mol. The Labute approximate surface area is 157 Å². The van der Waals surface area contributed by atoms with Crippen molar-refractivity contribution in [1.29, 1.82) is 0 Å². The molecule has 1 heterocycles. The first-order chi connectivity index (χ1) is 13.0. The first kappa shape index (κ1) is 18.4. The molecule has 0 radical (unpaired) electrons. The van der Waals surface area contributed by atoms with E-state index >= 15 is 0 Å². The maximum Gasteiger partial charge on any atom is 0.316 e. The maximum atomic E-state index is 12.8. The lowest BCUT2D eigenvalue weighted by Crippen LogP contribution is -2.36. The fourth-order valence-corrected chi connectivity index (χ4v) is 3.12. The Hall–Kier alpha value is -3.35. The van der Waals surface area contributed by atoms with Crippen LogP contribution in [0.3, 0.4) is 0 Å². The Bertz CT molecular complexity index is 860. The fourth-order valence-electron chi connectivity index (χ4n) is 3.12. The molecule has 0 bridgehead atoms. The second-order valence-corrected chi connectivity index (χ2v) is 6.42. The van der Waals surface area contributed by atoms with E-state index in [9.17, 15) is 14.4 Å². The van der Waals surface area contributed by atoms with Gasteiger partial charge in [0.2, 0.25) is 0 Å². The van der Waals surface area contributed by atoms with Gasteiger partial charge in [0.1, 0.15) is 0 Å². The molecule has 1 saturated heterocycles. The molecule has 1 fully saturated rings. The third-order valence-electron chi connectivity index (χ3n) is 4.44. The molecule has 0 unspecified atom stereocenters. The molecule has 0 atom stereocenters. The Morgan fingerprint density at radius 2 is 1.63 bits per heavy atom. The molecule has 0 spiro atoms. The van der Waals surface area contributed by atoms with Crippen LogP contribution in [0.1, 0.15) is 40.0 Å². The average Bonchev–Trinajstić information content (AvgIpc) is 2.68. The lowest BCUT2D eigenvalue weighted by molar-refractivity contribution is 0.0725. The topological polar surface area (TPSA) is 105 Å². The zero-order chi connectivity index (χ0) is 19.2. The van der Waals surface area contributed by atoms with E-state index in [-0.39, 0.29) is 11.8 Å². The molecule has 0 saturated carbocycles. The van der Waals surface area contributed by atoms with Gasteiger partial charge in [0.15, 0.2) is 0 Å². The number of hydrogen-bond acceptors (Lipinski definition) is 3. The molecule has 27 heavy (non-hydrogen) atoms. The van der Waals surface area contributed by atoms with E-state index in [1.54, 1.807) is 42.5 Å². The molecule has 7 nitrogen and oxygen atoms in total. The summed E-state index contributed by atoms with van der Waals surface area (Å²) < 4.78 is 0. The highest BCUT2D eigenvalue weighted by Gasteiger charge is 2.21. The van der Waals surface area contributed by atoms with E-state index in [1.165, 1.54) is 6.07 Å². The summed E-state index contributed by atoms with van der Waals surface area (Å²) in [6, 6.07) is 12.7. The summed E-state index contributed by atoms with van der Waals surface area (Å²) in [6.07, 6.45) is 3.14. The number of hydrogen-bond donors (Lipinski definition) is 3. The number of nitrogens with one attached hydrogen (secondary N) is 2. The Morgan fingerprint density at radius 3 is 2.37 bits per heavy atom. The third kappa shape index (κ3) is 4.63. The number of likely N-dealkylation sites (tertiary alicyclic amines) is 1. The number of primary amides is 1. The van der Waals surface area contributed by atoms with E-state index in [0.29, 0.717) is 22.5 Å². The van der Waals surface area contributed by atoms with Crippen molar-refractivity contribution in [2.24, 2.45) is 5.73 Å². The first-order valence-electron chi connectivity index (χ1n) is 8.91. The minimum Gasteiger partial charge on any atom is -0.351 e. The van der Waals surface area contributed by atoms with Gasteiger partial charge in [-0.2, -0.15) is 0 Å². The molecule has 4 amide bonds. The van der Waals surface area contributed by atoms with Crippen LogP contribution in [0.2, 0.25) is 0 Å². The van der Waals surface area contributed by atoms with Crippen LogP contribution < -0.4 is 16.4 Å². The van der Waals surface area contributed by atoms with Crippen LogP contribution in [0, 0.1) is 0 Å². The van der Waals surface area contributed by atoms with Gasteiger partial charge in [-0.1, -0.05) is 18.2 Å². The predicted octanol–water partition coefficient (Wildman–Crippen LogP) is 3.06. The van der Waals surface area contributed by atoms with Crippen molar-refractivity contribution in [2.75, 3.05) is 23.7 Å². The van der Waals surface area contributed by atoms with Crippen LogP contribution in [0.25, 0.3) is 0 Å². The molecule has 7 heteroatoms. The molecule has 2 aromatic rings. The van der Waals surface area contributed by atoms with Gasteiger partial charge < -0.3 is 21.3 Å². The molecular formula is C20H22N4O3. The summed E-state index contributed by atoms with van der Waals surface area (Å²) in [7, 11) is 0. The first-order valence-corrected chi connectivity index (χ1v) is 8.91. The molecule has 3 rings (SSSR count). The summed E-state index contributed by atoms with van der Waals surface area (Å²) in [5.41, 5.74) is 6.81. The smallest absolute Gasteiger partial charge is 0.316 e. The number of urea groups is 1. The molecule has 140 valence electrons. The number of amides is 4. The van der Waals surface area contributed by atoms with E-state index in [0.717, 1.165) is 32.4 Å². The van der Waals surface area contributed by atoms with Crippen molar-refractivity contribution in [3.05, 3.63) is 59.7 Å². The van der Waals surface area contributed by atoms with E-state index in [2.05, 4.69) is 10.6 Å². The zero-order valence-corrected chi connectivity index (χ0v) is 14.9. The number of nitrogens with two attached hydrogens (primary N) is 1. The van der Waals surface area contributed by atoms with Gasteiger partial charge in [-0.15, -0.1) is 0 Å². The number of para-hydroxylation sites is 1. The van der Waals surface area contributed by atoms with Crippen molar-refractivity contribution in [3.8, 4) is 0 Å². The lowest BCUT2D eigenvalue weighted by Gasteiger charge is -2.27. The van der Waals surface area contributed by atoms with Gasteiger partial charge in [-0.05, 0) is 49.6 Å². The Morgan fingerprint density at radius 1 is 0.889 bits per heavy atom. The van der Waals surface area contributed by atoms with Crippen molar-refractivity contribution >= 4 is 29.2 Å². The molecule has 2 aromatic carbocycles. The van der Waals surface area contributed by atoms with Crippen LogP contribution in [-0.2, 0) is 0 Å². The lowest BCUT2D eigenvalue weighted by atomic mass is 10.1. The number of rotatable bonds is 4. The van der Waals surface area contributed by atoms with Gasteiger partial charge in [-0.3, -0.25) is 9.59 Å². The van der Waals surface area contributed by atoms with Crippen LogP contribution in [-0.4, -0.2) is 35.8 Å². The highest BCUT2D eigenvalue weighted by atomic mass is 16.2. The number of nitrogens with zero attached hydrogens (tertiary/aromatic N) is 1. The highest BCUT2D eigenvalue weighted by molar-refractivity contribution is 6.09. The average molecular weight is 366 g/mol. The third-order valence-corrected chi connectivity index (χ3v) is 4.44. The summed E-state index contributed by atoms with van der Waals surface area (Å²) in [4.78, 5) is 38.3. The molecule has 1 aliphatic heterocycles. The zero-order valence-electron chi connectivity index (χ0n) is 14.9. The van der Waals surface area contributed by atoms with Crippen LogP contribution in [0.15, 0.2) is 48.5 Å². The summed E-state index contributed by atoms with van der Waals surface area (Å²) in [6.45, 7) is 1.48. The van der Waals surface area contributed by atoms with Gasteiger partial charge in [0, 0.05) is 24.3 Å². The standard InChI is InChI=1S/C20H22N4O3/c21-20(27)22-15-8-6-7-14(13-15)18(25)23-17-10-3-2-9-16(17)19(26)24-11-4-1-5-12-24/h2-3,6-10,13H,1,4-5,11-12H2,(H,23,25)(H3,21,22,27). The van der Waals surface area contributed by atoms with Crippen molar-refractivity contribution in [3.63, 3.8) is 0 Å². The highest BCUT2D eigenvalue weighted by Crippen LogP contribution is 2.21. The van der Waals surface area contributed by atoms with E-state index < -0.39 is 6.03 Å². The van der Waals surface area contributed by atoms with Crippen LogP contribution in [0.5, 0.6) is 0 Å². The summed E-state index contributed by atoms with van der Waals surface area (Å²) >= 11 is 0. The Balaban J connectivity index is 1.78. The van der Waals surface area contributed by atoms with Gasteiger partial charge >= 0.3 is 6.03 Å². The number of carbonyl (C=O) groups excluding carboxylic acids is 3. The number of anilines is 2. The number of benzene rings is 2. The summed E-state index contributed by atoms with van der Waals surface area (Å²) in [5, 5.41) is 5.23. The molecule has 1 aliphatic rings. The van der Waals surface area contributed by atoms with Crippen LogP contribution in [0.4, 0.5) is 16.2 Å². The maximum absolute atomic E-state index is 12.8. The molecule has 4 N–H and O–H groups in total. The van der Waals surface area contributed by atoms with E-state index in [4.69, 9.17) is 5.73 Å².